The van der Waals surface area contributed by atoms with Crippen molar-refractivity contribution in [1.29, 1.82) is 0 Å². The van der Waals surface area contributed by atoms with Gasteiger partial charge in [0, 0.05) is 5.92 Å². The van der Waals surface area contributed by atoms with Gasteiger partial charge in [-0.1, -0.05) is 104 Å². The molecule has 1 rings (SSSR count). The number of carboxylic acid groups (broad SMARTS) is 1. The first-order valence-corrected chi connectivity index (χ1v) is 12.5. The van der Waals surface area contributed by atoms with Crippen LogP contribution in [0.1, 0.15) is 120 Å². The Bertz CT molecular complexity index is 570. The lowest BCUT2D eigenvalue weighted by molar-refractivity contribution is -0.119. The molecule has 1 aromatic rings. The fourth-order valence-electron chi connectivity index (χ4n) is 3.54. The quantitative estimate of drug-likeness (QED) is 0.236. The van der Waals surface area contributed by atoms with Crippen molar-refractivity contribution in [2.24, 2.45) is 5.92 Å². The molecule has 2 N–H and O–H groups in total. The van der Waals surface area contributed by atoms with Crippen molar-refractivity contribution < 1.29 is 14.7 Å². The second-order valence-corrected chi connectivity index (χ2v) is 9.33. The fourth-order valence-corrected chi connectivity index (χ4v) is 4.29. The van der Waals surface area contributed by atoms with E-state index in [1.165, 1.54) is 89.5 Å². The average molecular weight is 424 g/mol. The van der Waals surface area contributed by atoms with Gasteiger partial charge >= 0.3 is 5.97 Å². The Labute approximate surface area is 181 Å². The molecule has 1 aromatic heterocycles. The Morgan fingerprint density at radius 3 is 1.79 bits per heavy atom. The summed E-state index contributed by atoms with van der Waals surface area (Å²) >= 11 is 1.10. The number of hydrogen-bond acceptors (Lipinski definition) is 3. The molecular formula is C24H41NO3S. The molecule has 4 nitrogen and oxygen atoms in total. The summed E-state index contributed by atoms with van der Waals surface area (Å²) in [5, 5.41) is 12.4. The molecule has 166 valence electrons. The van der Waals surface area contributed by atoms with Gasteiger partial charge in [0.05, 0.1) is 5.00 Å². The topological polar surface area (TPSA) is 66.4 Å². The Morgan fingerprint density at radius 1 is 0.862 bits per heavy atom. The van der Waals surface area contributed by atoms with Crippen molar-refractivity contribution in [3.63, 3.8) is 0 Å². The molecule has 1 heterocycles. The van der Waals surface area contributed by atoms with Gasteiger partial charge in [-0.05, 0) is 18.6 Å². The predicted octanol–water partition coefficient (Wildman–Crippen LogP) is 7.89. The summed E-state index contributed by atoms with van der Waals surface area (Å²) in [6.45, 7) is 4.21. The molecule has 0 spiro atoms. The first kappa shape index (κ1) is 25.7. The van der Waals surface area contributed by atoms with Crippen molar-refractivity contribution in [3.05, 3.63) is 17.0 Å². The van der Waals surface area contributed by atoms with Gasteiger partial charge in [-0.25, -0.2) is 4.79 Å². The van der Waals surface area contributed by atoms with Crippen molar-refractivity contribution in [3.8, 4) is 0 Å². The van der Waals surface area contributed by atoms with Crippen LogP contribution in [0.3, 0.4) is 0 Å². The van der Waals surface area contributed by atoms with Crippen molar-refractivity contribution in [2.75, 3.05) is 5.32 Å². The van der Waals surface area contributed by atoms with E-state index in [1.807, 2.05) is 6.92 Å². The summed E-state index contributed by atoms with van der Waals surface area (Å²) in [6, 6.07) is 3.19. The van der Waals surface area contributed by atoms with Crippen LogP contribution in [0, 0.1) is 5.92 Å². The summed E-state index contributed by atoms with van der Waals surface area (Å²) in [5.41, 5.74) is 0. The standard InChI is InChI=1S/C24H41NO3S/c1-3-4-5-6-7-8-9-10-11-12-13-14-15-16-17-20(2)23(26)25-22-19-18-21(29-22)24(27)28/h18-20H,3-17H2,1-2H3,(H,25,26)(H,27,28). The van der Waals surface area contributed by atoms with Crippen LogP contribution in [0.5, 0.6) is 0 Å². The molecule has 0 radical (unpaired) electrons. The van der Waals surface area contributed by atoms with Crippen molar-refractivity contribution in [2.45, 2.75) is 110 Å². The third-order valence-electron chi connectivity index (χ3n) is 5.50. The van der Waals surface area contributed by atoms with E-state index in [0.717, 1.165) is 24.2 Å². The molecule has 0 aliphatic carbocycles. The Kier molecular flexibility index (Phi) is 14.6. The van der Waals surface area contributed by atoms with E-state index < -0.39 is 5.97 Å². The molecule has 1 unspecified atom stereocenters. The van der Waals surface area contributed by atoms with Gasteiger partial charge in [0.2, 0.25) is 5.91 Å². The smallest absolute Gasteiger partial charge is 0.345 e. The van der Waals surface area contributed by atoms with E-state index in [0.29, 0.717) is 5.00 Å². The Morgan fingerprint density at radius 2 is 1.34 bits per heavy atom. The van der Waals surface area contributed by atoms with Crippen LogP contribution in [0.15, 0.2) is 12.1 Å². The second kappa shape index (κ2) is 16.4. The van der Waals surface area contributed by atoms with Crippen LogP contribution in [0.25, 0.3) is 0 Å². The van der Waals surface area contributed by atoms with Gasteiger partial charge in [-0.15, -0.1) is 11.3 Å². The maximum Gasteiger partial charge on any atom is 0.345 e. The van der Waals surface area contributed by atoms with Crippen LogP contribution in [0.4, 0.5) is 5.00 Å². The molecule has 29 heavy (non-hydrogen) atoms. The first-order chi connectivity index (χ1) is 14.0. The number of carboxylic acids is 1. The van der Waals surface area contributed by atoms with E-state index >= 15 is 0 Å². The van der Waals surface area contributed by atoms with Crippen LogP contribution in [-0.4, -0.2) is 17.0 Å². The molecule has 0 aliphatic rings. The number of rotatable bonds is 18. The molecular weight excluding hydrogens is 382 g/mol. The van der Waals surface area contributed by atoms with E-state index in [4.69, 9.17) is 5.11 Å². The lowest BCUT2D eigenvalue weighted by Crippen LogP contribution is -2.19. The zero-order chi connectivity index (χ0) is 21.3. The fraction of sp³-hybridized carbons (Fsp3) is 0.750. The zero-order valence-electron chi connectivity index (χ0n) is 18.5. The number of anilines is 1. The Hall–Kier alpha value is -1.36. The highest BCUT2D eigenvalue weighted by molar-refractivity contribution is 7.18. The third kappa shape index (κ3) is 12.7. The monoisotopic (exact) mass is 423 g/mol. The number of unbranched alkanes of at least 4 members (excludes halogenated alkanes) is 13. The van der Waals surface area contributed by atoms with Crippen molar-refractivity contribution in [1.82, 2.24) is 0 Å². The minimum Gasteiger partial charge on any atom is -0.477 e. The number of aromatic carboxylic acids is 1. The SMILES string of the molecule is CCCCCCCCCCCCCCCCC(C)C(=O)Nc1ccc(C(=O)O)s1. The minimum absolute atomic E-state index is 0.0153. The third-order valence-corrected chi connectivity index (χ3v) is 6.49. The highest BCUT2D eigenvalue weighted by Gasteiger charge is 2.14. The van der Waals surface area contributed by atoms with Crippen molar-refractivity contribution >= 4 is 28.2 Å². The van der Waals surface area contributed by atoms with Gasteiger partial charge in [0.25, 0.3) is 0 Å². The lowest BCUT2D eigenvalue weighted by Gasteiger charge is -2.11. The average Bonchev–Trinajstić information content (AvgIpc) is 3.17. The molecule has 1 amide bonds. The van der Waals surface area contributed by atoms with E-state index in [1.54, 1.807) is 6.07 Å². The summed E-state index contributed by atoms with van der Waals surface area (Å²) in [6.07, 6.45) is 19.6. The Balaban J connectivity index is 1.93. The second-order valence-electron chi connectivity index (χ2n) is 8.24. The lowest BCUT2D eigenvalue weighted by atomic mass is 10.0. The van der Waals surface area contributed by atoms with Gasteiger partial charge < -0.3 is 10.4 Å². The molecule has 5 heteroatoms. The number of hydrogen-bond donors (Lipinski definition) is 2. The van der Waals surface area contributed by atoms with E-state index in [2.05, 4.69) is 12.2 Å². The number of thiophene rings is 1. The highest BCUT2D eigenvalue weighted by atomic mass is 32.1. The van der Waals surface area contributed by atoms with Gasteiger partial charge in [-0.3, -0.25) is 4.79 Å². The van der Waals surface area contributed by atoms with E-state index in [-0.39, 0.29) is 16.7 Å². The summed E-state index contributed by atoms with van der Waals surface area (Å²) in [7, 11) is 0. The molecule has 0 fully saturated rings. The number of amides is 1. The number of carbonyl (C=O) groups excluding carboxylic acids is 1. The number of carbonyl (C=O) groups is 2. The van der Waals surface area contributed by atoms with Gasteiger partial charge in [0.15, 0.2) is 0 Å². The molecule has 0 bridgehead atoms. The van der Waals surface area contributed by atoms with E-state index in [9.17, 15) is 9.59 Å². The highest BCUT2D eigenvalue weighted by Crippen LogP contribution is 2.23. The summed E-state index contributed by atoms with van der Waals surface area (Å²) in [5.74, 6) is -1.01. The minimum atomic E-state index is -0.953. The molecule has 0 saturated heterocycles. The van der Waals surface area contributed by atoms with Gasteiger partial charge in [0.1, 0.15) is 4.88 Å². The van der Waals surface area contributed by atoms with Gasteiger partial charge in [-0.2, -0.15) is 0 Å². The van der Waals surface area contributed by atoms with Crippen LogP contribution < -0.4 is 5.32 Å². The van der Waals surface area contributed by atoms with Crippen LogP contribution >= 0.6 is 11.3 Å². The molecule has 0 saturated carbocycles. The molecule has 0 aromatic carbocycles. The maximum absolute atomic E-state index is 12.2. The normalized spacial score (nSPS) is 12.1. The van der Waals surface area contributed by atoms with Crippen LogP contribution in [-0.2, 0) is 4.79 Å². The summed E-state index contributed by atoms with van der Waals surface area (Å²) in [4.78, 5) is 23.3. The maximum atomic E-state index is 12.2. The molecule has 0 aliphatic heterocycles. The number of nitrogens with one attached hydrogen (secondary N) is 1. The largest absolute Gasteiger partial charge is 0.477 e. The summed E-state index contributed by atoms with van der Waals surface area (Å²) < 4.78 is 0. The molecule has 1 atom stereocenters. The first-order valence-electron chi connectivity index (χ1n) is 11.7. The van der Waals surface area contributed by atoms with Crippen LogP contribution in [0.2, 0.25) is 0 Å². The zero-order valence-corrected chi connectivity index (χ0v) is 19.3. The predicted molar refractivity (Wildman–Crippen MR) is 124 cm³/mol.